The summed E-state index contributed by atoms with van der Waals surface area (Å²) >= 11 is 0. The number of Topliss-reactive ketones (excluding diaryl/α,β-unsaturated/α-hetero) is 1. The largest absolute Gasteiger partial charge is 0.494 e. The van der Waals surface area contributed by atoms with Crippen molar-refractivity contribution in [2.75, 3.05) is 33.1 Å². The number of aryl methyl sites for hydroxylation is 1. The van der Waals surface area contributed by atoms with E-state index in [2.05, 4.69) is 20.1 Å². The number of aromatic amines is 1. The first-order chi connectivity index (χ1) is 22.1. The highest BCUT2D eigenvalue weighted by Crippen LogP contribution is 2.31. The number of ether oxygens (including phenoxy) is 1. The highest BCUT2D eigenvalue weighted by Gasteiger charge is 2.31. The third-order valence-corrected chi connectivity index (χ3v) is 5.05. The van der Waals surface area contributed by atoms with Crippen molar-refractivity contribution in [3.05, 3.63) is 65.4 Å². The van der Waals surface area contributed by atoms with Crippen LogP contribution in [0.5, 0.6) is 5.75 Å². The molecule has 1 aliphatic rings. The van der Waals surface area contributed by atoms with E-state index in [9.17, 15) is 14.4 Å². The van der Waals surface area contributed by atoms with Gasteiger partial charge in [-0.3, -0.25) is 14.4 Å². The SMILES string of the molecule is [2H]c1c([2H])c(C(=O)N2C([2H])([2H])C([2H])([2H])N(C(=O)C(=O)c3c[nH]c4c(-n5cnc(C)n5)ncc(OC)c34)C([2H])([2H])C2([2H])[2H])c([2H])c([2H])c1C. The number of piperazine rings is 1. The lowest BCUT2D eigenvalue weighted by molar-refractivity contribution is -0.127. The van der Waals surface area contributed by atoms with Gasteiger partial charge in [0, 0.05) is 37.7 Å². The predicted octanol–water partition coefficient (Wildman–Crippen LogP) is 1.94. The Bertz CT molecular complexity index is 1990. The van der Waals surface area contributed by atoms with Crippen molar-refractivity contribution < 1.29 is 35.6 Å². The highest BCUT2D eigenvalue weighted by atomic mass is 16.5. The zero-order valence-electron chi connectivity index (χ0n) is 31.0. The van der Waals surface area contributed by atoms with Crippen LogP contribution in [0.25, 0.3) is 16.7 Å². The van der Waals surface area contributed by atoms with Crippen molar-refractivity contribution in [3.8, 4) is 11.6 Å². The van der Waals surface area contributed by atoms with Crippen molar-refractivity contribution in [1.29, 1.82) is 0 Å². The topological polar surface area (TPSA) is 126 Å². The second-order valence-electron chi connectivity index (χ2n) is 7.40. The Balaban J connectivity index is 1.64. The number of fused-ring (bicyclic) bond motifs is 1. The first-order valence-corrected chi connectivity index (χ1v) is 10.3. The summed E-state index contributed by atoms with van der Waals surface area (Å²) < 4.78 is 108. The lowest BCUT2D eigenvalue weighted by Gasteiger charge is -2.34. The molecule has 184 valence electrons. The van der Waals surface area contributed by atoms with Crippen LogP contribution in [0.2, 0.25) is 0 Å². The molecular formula is C25H25N7O4. The average Bonchev–Trinajstić information content (AvgIpc) is 3.64. The molecule has 36 heavy (non-hydrogen) atoms. The molecule has 1 aromatic carbocycles. The van der Waals surface area contributed by atoms with Crippen LogP contribution in [0.4, 0.5) is 0 Å². The highest BCUT2D eigenvalue weighted by molar-refractivity contribution is 6.45. The Labute approximate surface area is 223 Å². The van der Waals surface area contributed by atoms with Crippen LogP contribution in [0.1, 0.15) is 48.6 Å². The molecule has 11 heteroatoms. The van der Waals surface area contributed by atoms with E-state index in [1.807, 2.05) is 0 Å². The quantitative estimate of drug-likeness (QED) is 0.328. The molecular weight excluding hydrogens is 462 g/mol. The number of hydrogen-bond acceptors (Lipinski definition) is 7. The predicted molar refractivity (Wildman–Crippen MR) is 130 cm³/mol. The summed E-state index contributed by atoms with van der Waals surface area (Å²) in [5.41, 5.74) is -1.79. The Kier molecular flexibility index (Phi) is 3.33. The Hall–Kier alpha value is -4.54. The summed E-state index contributed by atoms with van der Waals surface area (Å²) in [7, 11) is 1.22. The van der Waals surface area contributed by atoms with Gasteiger partial charge in [0.25, 0.3) is 17.6 Å². The number of benzene rings is 1. The molecule has 0 bridgehead atoms. The molecule has 0 spiro atoms. The molecule has 0 saturated carbocycles. The molecule has 0 unspecified atom stereocenters. The molecule has 1 fully saturated rings. The molecule has 0 aliphatic carbocycles. The van der Waals surface area contributed by atoms with Crippen molar-refractivity contribution in [2.24, 2.45) is 0 Å². The number of nitrogens with one attached hydrogen (secondary N) is 1. The summed E-state index contributed by atoms with van der Waals surface area (Å²) in [6.07, 6.45) is 3.50. The number of pyridine rings is 1. The molecule has 2 amide bonds. The van der Waals surface area contributed by atoms with Gasteiger partial charge in [-0.15, -0.1) is 0 Å². The van der Waals surface area contributed by atoms with Crippen LogP contribution in [-0.4, -0.2) is 85.2 Å². The van der Waals surface area contributed by atoms with Gasteiger partial charge in [-0.2, -0.15) is 5.10 Å². The zero-order chi connectivity index (χ0) is 36.0. The summed E-state index contributed by atoms with van der Waals surface area (Å²) in [5.74, 6) is -5.20. The molecule has 1 aliphatic heterocycles. The van der Waals surface area contributed by atoms with Crippen molar-refractivity contribution in [3.63, 3.8) is 0 Å². The maximum Gasteiger partial charge on any atom is 0.295 e. The number of hydrogen-bond donors (Lipinski definition) is 1. The maximum atomic E-state index is 13.8. The van der Waals surface area contributed by atoms with Gasteiger partial charge in [0.1, 0.15) is 17.9 Å². The van der Waals surface area contributed by atoms with Gasteiger partial charge >= 0.3 is 0 Å². The smallest absolute Gasteiger partial charge is 0.295 e. The second-order valence-corrected chi connectivity index (χ2v) is 7.40. The van der Waals surface area contributed by atoms with Gasteiger partial charge in [-0.25, -0.2) is 14.6 Å². The van der Waals surface area contributed by atoms with Crippen molar-refractivity contribution in [2.45, 2.75) is 13.8 Å². The third kappa shape index (κ3) is 4.08. The monoisotopic (exact) mass is 499 g/mol. The molecule has 1 N–H and O–H groups in total. The number of rotatable bonds is 5. The fourth-order valence-corrected chi connectivity index (χ4v) is 3.33. The number of aromatic nitrogens is 5. The van der Waals surface area contributed by atoms with Crippen LogP contribution in [0.3, 0.4) is 0 Å². The number of carbonyl (C=O) groups is 3. The Morgan fingerprint density at radius 2 is 1.75 bits per heavy atom. The minimum absolute atomic E-state index is 0.0619. The van der Waals surface area contributed by atoms with E-state index >= 15 is 0 Å². The van der Waals surface area contributed by atoms with Crippen LogP contribution in [0.15, 0.2) is 42.9 Å². The van der Waals surface area contributed by atoms with Gasteiger partial charge in [0.05, 0.1) is 46.2 Å². The van der Waals surface area contributed by atoms with Gasteiger partial charge in [-0.05, 0) is 25.9 Å². The van der Waals surface area contributed by atoms with E-state index in [0.29, 0.717) is 5.82 Å². The van der Waals surface area contributed by atoms with Crippen molar-refractivity contribution in [1.82, 2.24) is 34.5 Å². The molecule has 0 radical (unpaired) electrons. The van der Waals surface area contributed by atoms with E-state index in [-0.39, 0.29) is 28.0 Å². The number of amides is 2. The minimum atomic E-state index is -3.99. The maximum absolute atomic E-state index is 13.8. The van der Waals surface area contributed by atoms with E-state index in [0.717, 1.165) is 6.20 Å². The first kappa shape index (κ1) is 13.0. The van der Waals surface area contributed by atoms with Gasteiger partial charge < -0.3 is 19.5 Å². The summed E-state index contributed by atoms with van der Waals surface area (Å²) in [4.78, 5) is 51.2. The average molecular weight is 500 g/mol. The van der Waals surface area contributed by atoms with Gasteiger partial charge in [0.2, 0.25) is 0 Å². The lowest BCUT2D eigenvalue weighted by atomic mass is 10.1. The molecule has 1 saturated heterocycles. The molecule has 5 rings (SSSR count). The molecule has 3 aromatic heterocycles. The number of H-pyrrole nitrogens is 1. The normalized spacial score (nSPS) is 24.2. The van der Waals surface area contributed by atoms with E-state index in [1.54, 1.807) is 6.92 Å². The number of methoxy groups -OCH3 is 1. The lowest BCUT2D eigenvalue weighted by Crippen LogP contribution is -2.52. The third-order valence-electron chi connectivity index (χ3n) is 5.05. The molecule has 0 atom stereocenters. The number of ketones is 1. The molecule has 4 aromatic rings. The number of carbonyl (C=O) groups excluding carboxylic acids is 3. The Morgan fingerprint density at radius 1 is 1.06 bits per heavy atom. The van der Waals surface area contributed by atoms with Crippen molar-refractivity contribution >= 4 is 28.5 Å². The zero-order valence-corrected chi connectivity index (χ0v) is 19.0. The minimum Gasteiger partial charge on any atom is -0.494 e. The number of nitrogens with zero attached hydrogens (tertiary/aromatic N) is 6. The van der Waals surface area contributed by atoms with Crippen LogP contribution in [-0.2, 0) is 4.79 Å². The van der Waals surface area contributed by atoms with Crippen LogP contribution < -0.4 is 4.74 Å². The first-order valence-electron chi connectivity index (χ1n) is 16.3. The van der Waals surface area contributed by atoms with Crippen LogP contribution in [0, 0.1) is 13.8 Å². The molecule has 4 heterocycles. The van der Waals surface area contributed by atoms with E-state index in [4.69, 9.17) is 21.2 Å². The summed E-state index contributed by atoms with van der Waals surface area (Å²) in [6, 6.07) is -3.47. The second kappa shape index (κ2) is 9.25. The van der Waals surface area contributed by atoms with Crippen LogP contribution >= 0.6 is 0 Å². The fourth-order valence-electron chi connectivity index (χ4n) is 3.33. The fraction of sp³-hybridized carbons (Fsp3) is 0.280. The van der Waals surface area contributed by atoms with Gasteiger partial charge in [0.15, 0.2) is 5.82 Å². The standard InChI is InChI=1S/C25H25N7O4/c1-15-4-6-17(7-5-15)24(34)30-8-10-31(11-9-30)25(35)22(33)18-12-26-21-20(18)19(36-3)13-27-23(21)32-14-28-16(2)29-32/h4-7,12-14,26H,8-11H2,1-3H3/i4D,5D,6D,7D,8D2,9D2,10D2,11D2. The molecule has 11 nitrogen and oxygen atoms in total. The summed E-state index contributed by atoms with van der Waals surface area (Å²) in [5, 5.41) is 4.06. The van der Waals surface area contributed by atoms with Gasteiger partial charge in [-0.1, -0.05) is 17.6 Å². The summed E-state index contributed by atoms with van der Waals surface area (Å²) in [6.45, 7) is -13.1. The van der Waals surface area contributed by atoms with E-state index in [1.165, 1.54) is 31.2 Å². The van der Waals surface area contributed by atoms with E-state index < -0.39 is 88.7 Å². The Morgan fingerprint density at radius 3 is 2.39 bits per heavy atom.